The third-order valence-electron chi connectivity index (χ3n) is 2.32. The van der Waals surface area contributed by atoms with E-state index in [1.54, 1.807) is 6.26 Å². The van der Waals surface area contributed by atoms with Gasteiger partial charge < -0.3 is 9.52 Å². The molecule has 0 aliphatic carbocycles. The van der Waals surface area contributed by atoms with Crippen molar-refractivity contribution in [2.45, 2.75) is 13.5 Å². The van der Waals surface area contributed by atoms with Crippen LogP contribution in [0.2, 0.25) is 0 Å². The molecule has 0 aliphatic rings. The maximum absolute atomic E-state index is 9.07. The molecule has 0 atom stereocenters. The second-order valence-electron chi connectivity index (χ2n) is 3.23. The number of aryl methyl sites for hydroxylation is 1. The van der Waals surface area contributed by atoms with Crippen molar-refractivity contribution in [1.29, 1.82) is 0 Å². The molecule has 2 nitrogen and oxygen atoms in total. The van der Waals surface area contributed by atoms with E-state index in [2.05, 4.69) is 0 Å². The van der Waals surface area contributed by atoms with Crippen molar-refractivity contribution in [2.75, 3.05) is 0 Å². The van der Waals surface area contributed by atoms with E-state index < -0.39 is 0 Å². The highest BCUT2D eigenvalue weighted by molar-refractivity contribution is 5.68. The number of benzene rings is 1. The van der Waals surface area contributed by atoms with E-state index >= 15 is 0 Å². The van der Waals surface area contributed by atoms with Crippen molar-refractivity contribution in [3.8, 4) is 11.1 Å². The first kappa shape index (κ1) is 9.03. The minimum absolute atomic E-state index is 0.0589. The fraction of sp³-hybridized carbons (Fsp3) is 0.167. The highest BCUT2D eigenvalue weighted by Crippen LogP contribution is 2.27. The van der Waals surface area contributed by atoms with Crippen LogP contribution in [0.4, 0.5) is 0 Å². The second kappa shape index (κ2) is 3.68. The summed E-state index contributed by atoms with van der Waals surface area (Å²) in [6.45, 7) is 1.99. The number of furan rings is 1. The lowest BCUT2D eigenvalue weighted by molar-refractivity contribution is 0.248. The zero-order valence-corrected chi connectivity index (χ0v) is 8.03. The highest BCUT2D eigenvalue weighted by atomic mass is 16.4. The van der Waals surface area contributed by atoms with Gasteiger partial charge in [0.05, 0.1) is 6.26 Å². The standard InChI is InChI=1S/C12H12O2/c1-9-4-2-3-5-10(9)11-6-7-14-12(11)8-13/h2-7,13H,8H2,1H3. The Balaban J connectivity index is 2.54. The monoisotopic (exact) mass is 188 g/mol. The van der Waals surface area contributed by atoms with Gasteiger partial charge in [-0.3, -0.25) is 0 Å². The molecule has 0 amide bonds. The summed E-state index contributed by atoms with van der Waals surface area (Å²) >= 11 is 0. The molecule has 0 bridgehead atoms. The molecule has 1 N–H and O–H groups in total. The van der Waals surface area contributed by atoms with E-state index in [-0.39, 0.29) is 6.61 Å². The Hall–Kier alpha value is -1.54. The Kier molecular flexibility index (Phi) is 2.37. The zero-order valence-electron chi connectivity index (χ0n) is 8.03. The average Bonchev–Trinajstić information content (AvgIpc) is 2.66. The first-order valence-electron chi connectivity index (χ1n) is 4.56. The van der Waals surface area contributed by atoms with Crippen LogP contribution in [0.15, 0.2) is 41.0 Å². The summed E-state index contributed by atoms with van der Waals surface area (Å²) in [7, 11) is 0. The minimum Gasteiger partial charge on any atom is -0.466 e. The Bertz CT molecular complexity index is 429. The molecule has 0 aliphatic heterocycles. The summed E-state index contributed by atoms with van der Waals surface area (Å²) in [6, 6.07) is 9.94. The largest absolute Gasteiger partial charge is 0.466 e. The molecule has 1 aromatic heterocycles. The maximum Gasteiger partial charge on any atom is 0.136 e. The molecular formula is C12H12O2. The third-order valence-corrected chi connectivity index (χ3v) is 2.32. The highest BCUT2D eigenvalue weighted by Gasteiger charge is 2.08. The molecule has 0 spiro atoms. The molecule has 0 unspecified atom stereocenters. The van der Waals surface area contributed by atoms with Crippen LogP contribution in [-0.4, -0.2) is 5.11 Å². The van der Waals surface area contributed by atoms with Gasteiger partial charge in [0, 0.05) is 5.56 Å². The Morgan fingerprint density at radius 1 is 1.14 bits per heavy atom. The fourth-order valence-electron chi connectivity index (χ4n) is 1.58. The van der Waals surface area contributed by atoms with Gasteiger partial charge in [0.15, 0.2) is 0 Å². The van der Waals surface area contributed by atoms with Crippen LogP contribution >= 0.6 is 0 Å². The molecule has 14 heavy (non-hydrogen) atoms. The Morgan fingerprint density at radius 2 is 1.93 bits per heavy atom. The third kappa shape index (κ3) is 1.44. The quantitative estimate of drug-likeness (QED) is 0.786. The molecular weight excluding hydrogens is 176 g/mol. The summed E-state index contributed by atoms with van der Waals surface area (Å²) in [5, 5.41) is 9.07. The average molecular weight is 188 g/mol. The molecule has 72 valence electrons. The second-order valence-corrected chi connectivity index (χ2v) is 3.23. The molecule has 2 rings (SSSR count). The van der Waals surface area contributed by atoms with Gasteiger partial charge in [0.2, 0.25) is 0 Å². The van der Waals surface area contributed by atoms with E-state index in [0.717, 1.165) is 11.1 Å². The van der Waals surface area contributed by atoms with Gasteiger partial charge in [0.1, 0.15) is 12.4 Å². The van der Waals surface area contributed by atoms with Gasteiger partial charge >= 0.3 is 0 Å². The summed E-state index contributed by atoms with van der Waals surface area (Å²) in [6.07, 6.45) is 1.60. The van der Waals surface area contributed by atoms with Crippen LogP contribution < -0.4 is 0 Å². The maximum atomic E-state index is 9.07. The molecule has 1 aromatic carbocycles. The lowest BCUT2D eigenvalue weighted by Gasteiger charge is -2.03. The number of aliphatic hydroxyl groups is 1. The van der Waals surface area contributed by atoms with Crippen molar-refractivity contribution >= 4 is 0 Å². The number of hydrogen-bond acceptors (Lipinski definition) is 2. The van der Waals surface area contributed by atoms with Gasteiger partial charge in [-0.1, -0.05) is 24.3 Å². The predicted molar refractivity (Wildman–Crippen MR) is 54.8 cm³/mol. The number of rotatable bonds is 2. The fourth-order valence-corrected chi connectivity index (χ4v) is 1.58. The van der Waals surface area contributed by atoms with Crippen LogP contribution in [0.1, 0.15) is 11.3 Å². The van der Waals surface area contributed by atoms with Crippen molar-refractivity contribution < 1.29 is 9.52 Å². The molecule has 0 radical (unpaired) electrons. The molecule has 1 heterocycles. The predicted octanol–water partition coefficient (Wildman–Crippen LogP) is 2.75. The minimum atomic E-state index is -0.0589. The van der Waals surface area contributed by atoms with E-state index in [4.69, 9.17) is 9.52 Å². The van der Waals surface area contributed by atoms with Crippen molar-refractivity contribution in [1.82, 2.24) is 0 Å². The zero-order chi connectivity index (χ0) is 9.97. The first-order chi connectivity index (χ1) is 6.83. The van der Waals surface area contributed by atoms with Gasteiger partial charge in [-0.15, -0.1) is 0 Å². The van der Waals surface area contributed by atoms with Gasteiger partial charge in [-0.2, -0.15) is 0 Å². The van der Waals surface area contributed by atoms with Crippen molar-refractivity contribution in [2.24, 2.45) is 0 Å². The van der Waals surface area contributed by atoms with Crippen molar-refractivity contribution in [3.05, 3.63) is 47.9 Å². The molecule has 0 saturated heterocycles. The molecule has 2 heteroatoms. The normalized spacial score (nSPS) is 10.4. The summed E-state index contributed by atoms with van der Waals surface area (Å²) < 4.78 is 5.17. The summed E-state index contributed by atoms with van der Waals surface area (Å²) in [4.78, 5) is 0. The van der Waals surface area contributed by atoms with Gasteiger partial charge in [-0.05, 0) is 24.1 Å². The van der Waals surface area contributed by atoms with Gasteiger partial charge in [0.25, 0.3) is 0 Å². The van der Waals surface area contributed by atoms with E-state index in [9.17, 15) is 0 Å². The van der Waals surface area contributed by atoms with Crippen LogP contribution in [0.25, 0.3) is 11.1 Å². The molecule has 0 fully saturated rings. The number of hydrogen-bond donors (Lipinski definition) is 1. The Labute approximate surface area is 82.8 Å². The van der Waals surface area contributed by atoms with Crippen molar-refractivity contribution in [3.63, 3.8) is 0 Å². The van der Waals surface area contributed by atoms with Crippen LogP contribution in [0.5, 0.6) is 0 Å². The van der Waals surface area contributed by atoms with E-state index in [1.165, 1.54) is 5.56 Å². The lowest BCUT2D eigenvalue weighted by atomic mass is 10.0. The van der Waals surface area contributed by atoms with Crippen LogP contribution in [0.3, 0.4) is 0 Å². The SMILES string of the molecule is Cc1ccccc1-c1ccoc1CO. The van der Waals surface area contributed by atoms with E-state index in [0.29, 0.717) is 5.76 Å². The van der Waals surface area contributed by atoms with Crippen LogP contribution in [0, 0.1) is 6.92 Å². The molecule has 2 aromatic rings. The van der Waals surface area contributed by atoms with Crippen LogP contribution in [-0.2, 0) is 6.61 Å². The smallest absolute Gasteiger partial charge is 0.136 e. The Morgan fingerprint density at radius 3 is 2.64 bits per heavy atom. The summed E-state index contributed by atoms with van der Waals surface area (Å²) in [5.41, 5.74) is 3.28. The number of aliphatic hydroxyl groups excluding tert-OH is 1. The van der Waals surface area contributed by atoms with Gasteiger partial charge in [-0.25, -0.2) is 0 Å². The molecule has 0 saturated carbocycles. The topological polar surface area (TPSA) is 33.4 Å². The summed E-state index contributed by atoms with van der Waals surface area (Å²) in [5.74, 6) is 0.624. The lowest BCUT2D eigenvalue weighted by Crippen LogP contribution is -1.86. The first-order valence-corrected chi connectivity index (χ1v) is 4.56. The van der Waals surface area contributed by atoms with E-state index in [1.807, 2.05) is 37.3 Å².